The summed E-state index contributed by atoms with van der Waals surface area (Å²) in [6, 6.07) is 5.01. The minimum absolute atomic E-state index is 0.0437. The maximum absolute atomic E-state index is 12.5. The first-order valence-corrected chi connectivity index (χ1v) is 9.07. The first kappa shape index (κ1) is 19.7. The zero-order valence-corrected chi connectivity index (χ0v) is 15.9. The van der Waals surface area contributed by atoms with Crippen LogP contribution in [0.25, 0.3) is 0 Å². The van der Waals surface area contributed by atoms with Crippen molar-refractivity contribution in [3.63, 3.8) is 0 Å². The van der Waals surface area contributed by atoms with Crippen LogP contribution in [-0.2, 0) is 11.2 Å². The van der Waals surface area contributed by atoms with Crippen LogP contribution in [0.4, 0.5) is 5.13 Å². The van der Waals surface area contributed by atoms with Gasteiger partial charge in [0.05, 0.1) is 24.3 Å². The van der Waals surface area contributed by atoms with E-state index in [1.807, 2.05) is 27.7 Å². The molecule has 2 N–H and O–H groups in total. The highest BCUT2D eigenvalue weighted by Gasteiger charge is 2.14. The predicted octanol–water partition coefficient (Wildman–Crippen LogP) is 3.60. The molecule has 0 saturated carbocycles. The number of nitrogens with zero attached hydrogens (tertiary/aromatic N) is 1. The molecule has 0 fully saturated rings. The maximum Gasteiger partial charge on any atom is 0.309 e. The summed E-state index contributed by atoms with van der Waals surface area (Å²) in [5.74, 6) is -0.269. The molecule has 1 heterocycles. The third-order valence-corrected chi connectivity index (χ3v) is 3.80. The van der Waals surface area contributed by atoms with Crippen LogP contribution in [-0.4, -0.2) is 34.2 Å². The summed E-state index contributed by atoms with van der Waals surface area (Å²) in [6.07, 6.45) is -0.272. The SMILES string of the molecule is CC(C)Oc1cc(OC(C)C)cc(C(=O)Nc2nc(CC(=O)O)cs2)c1. The van der Waals surface area contributed by atoms with Crippen molar-refractivity contribution in [2.24, 2.45) is 0 Å². The van der Waals surface area contributed by atoms with Crippen LogP contribution >= 0.6 is 11.3 Å². The van der Waals surface area contributed by atoms with Gasteiger partial charge in [0.15, 0.2) is 5.13 Å². The number of carbonyl (C=O) groups excluding carboxylic acids is 1. The smallest absolute Gasteiger partial charge is 0.309 e. The fourth-order valence-electron chi connectivity index (χ4n) is 2.15. The van der Waals surface area contributed by atoms with E-state index >= 15 is 0 Å². The molecule has 0 radical (unpaired) electrons. The number of ether oxygens (including phenoxy) is 2. The van der Waals surface area contributed by atoms with Gasteiger partial charge in [-0.3, -0.25) is 14.9 Å². The normalized spacial score (nSPS) is 10.8. The maximum atomic E-state index is 12.5. The van der Waals surface area contributed by atoms with Gasteiger partial charge in [0.1, 0.15) is 11.5 Å². The van der Waals surface area contributed by atoms with E-state index in [0.717, 1.165) is 0 Å². The molecule has 0 saturated heterocycles. The van der Waals surface area contributed by atoms with Crippen LogP contribution in [0, 0.1) is 0 Å². The molecule has 1 aromatic carbocycles. The molecule has 7 nitrogen and oxygen atoms in total. The Morgan fingerprint density at radius 1 is 1.12 bits per heavy atom. The Kier molecular flexibility index (Phi) is 6.57. The molecule has 8 heteroatoms. The van der Waals surface area contributed by atoms with E-state index in [-0.39, 0.29) is 24.5 Å². The molecule has 0 aliphatic rings. The molecular formula is C18H22N2O5S. The average Bonchev–Trinajstić information content (AvgIpc) is 2.91. The van der Waals surface area contributed by atoms with E-state index in [1.54, 1.807) is 23.6 Å². The largest absolute Gasteiger partial charge is 0.491 e. The number of amides is 1. The van der Waals surface area contributed by atoms with Crippen molar-refractivity contribution in [1.82, 2.24) is 4.98 Å². The number of rotatable bonds is 8. The lowest BCUT2D eigenvalue weighted by atomic mass is 10.2. The van der Waals surface area contributed by atoms with E-state index in [4.69, 9.17) is 14.6 Å². The van der Waals surface area contributed by atoms with Crippen molar-refractivity contribution in [2.45, 2.75) is 46.3 Å². The molecule has 1 aromatic heterocycles. The van der Waals surface area contributed by atoms with Gasteiger partial charge in [0.2, 0.25) is 0 Å². The highest BCUT2D eigenvalue weighted by Crippen LogP contribution is 2.26. The van der Waals surface area contributed by atoms with Crippen LogP contribution in [0.3, 0.4) is 0 Å². The number of carboxylic acid groups (broad SMARTS) is 1. The number of thiazole rings is 1. The van der Waals surface area contributed by atoms with Crippen molar-refractivity contribution in [3.8, 4) is 11.5 Å². The van der Waals surface area contributed by atoms with Crippen molar-refractivity contribution >= 4 is 28.3 Å². The van der Waals surface area contributed by atoms with E-state index in [2.05, 4.69) is 10.3 Å². The zero-order valence-electron chi connectivity index (χ0n) is 15.1. The number of aliphatic carboxylic acids is 1. The first-order chi connectivity index (χ1) is 12.2. The Morgan fingerprint density at radius 2 is 1.69 bits per heavy atom. The zero-order chi connectivity index (χ0) is 19.3. The van der Waals surface area contributed by atoms with Gasteiger partial charge in [-0.2, -0.15) is 0 Å². The lowest BCUT2D eigenvalue weighted by Crippen LogP contribution is -2.14. The molecule has 2 aromatic rings. The highest BCUT2D eigenvalue weighted by molar-refractivity contribution is 7.14. The summed E-state index contributed by atoms with van der Waals surface area (Å²) in [7, 11) is 0. The second-order valence-electron chi connectivity index (χ2n) is 6.19. The summed E-state index contributed by atoms with van der Waals surface area (Å²) in [5, 5.41) is 13.4. The summed E-state index contributed by atoms with van der Waals surface area (Å²) < 4.78 is 11.4. The monoisotopic (exact) mass is 378 g/mol. The lowest BCUT2D eigenvalue weighted by Gasteiger charge is -2.15. The van der Waals surface area contributed by atoms with Gasteiger partial charge in [-0.15, -0.1) is 11.3 Å². The van der Waals surface area contributed by atoms with Gasteiger partial charge in [-0.25, -0.2) is 4.98 Å². The van der Waals surface area contributed by atoms with Gasteiger partial charge in [-0.1, -0.05) is 0 Å². The molecule has 26 heavy (non-hydrogen) atoms. The summed E-state index contributed by atoms with van der Waals surface area (Å²) in [6.45, 7) is 7.59. The van der Waals surface area contributed by atoms with Crippen molar-refractivity contribution in [3.05, 3.63) is 34.8 Å². The average molecular weight is 378 g/mol. The predicted molar refractivity (Wildman–Crippen MR) is 99.4 cm³/mol. The molecule has 0 bridgehead atoms. The van der Waals surface area contributed by atoms with Crippen molar-refractivity contribution in [2.75, 3.05) is 5.32 Å². The number of aromatic nitrogens is 1. The number of hydrogen-bond acceptors (Lipinski definition) is 6. The molecule has 140 valence electrons. The number of carbonyl (C=O) groups is 2. The molecule has 0 aliphatic carbocycles. The van der Waals surface area contributed by atoms with Crippen LogP contribution in [0.5, 0.6) is 11.5 Å². The minimum atomic E-state index is -0.970. The number of benzene rings is 1. The Morgan fingerprint density at radius 3 is 2.19 bits per heavy atom. The molecule has 0 spiro atoms. The minimum Gasteiger partial charge on any atom is -0.491 e. The van der Waals surface area contributed by atoms with Gasteiger partial charge >= 0.3 is 5.97 Å². The Labute approximate surface area is 156 Å². The molecule has 2 rings (SSSR count). The van der Waals surface area contributed by atoms with E-state index in [1.165, 1.54) is 11.3 Å². The summed E-state index contributed by atoms with van der Waals surface area (Å²) >= 11 is 1.18. The fourth-order valence-corrected chi connectivity index (χ4v) is 2.86. The summed E-state index contributed by atoms with van der Waals surface area (Å²) in [5.41, 5.74) is 0.771. The van der Waals surface area contributed by atoms with Crippen LogP contribution in [0.1, 0.15) is 43.7 Å². The number of carboxylic acids is 1. The standard InChI is InChI=1S/C18H22N2O5S/c1-10(2)24-14-5-12(6-15(8-14)25-11(3)4)17(23)20-18-19-13(9-26-18)7-16(21)22/h5-6,8-11H,7H2,1-4H3,(H,21,22)(H,19,20,23). The summed E-state index contributed by atoms with van der Waals surface area (Å²) in [4.78, 5) is 27.4. The second-order valence-corrected chi connectivity index (χ2v) is 7.05. The molecule has 0 atom stereocenters. The lowest BCUT2D eigenvalue weighted by molar-refractivity contribution is -0.136. The molecule has 0 aliphatic heterocycles. The van der Waals surface area contributed by atoms with Crippen molar-refractivity contribution < 1.29 is 24.2 Å². The first-order valence-electron chi connectivity index (χ1n) is 8.19. The fraction of sp³-hybridized carbons (Fsp3) is 0.389. The van der Waals surface area contributed by atoms with Crippen LogP contribution < -0.4 is 14.8 Å². The van der Waals surface area contributed by atoms with Gasteiger partial charge in [0.25, 0.3) is 5.91 Å². The van der Waals surface area contributed by atoms with Crippen LogP contribution in [0.2, 0.25) is 0 Å². The van der Waals surface area contributed by atoms with Crippen molar-refractivity contribution in [1.29, 1.82) is 0 Å². The third-order valence-electron chi connectivity index (χ3n) is 2.99. The second kappa shape index (κ2) is 8.66. The Hall–Kier alpha value is -2.61. The number of anilines is 1. The van der Waals surface area contributed by atoms with E-state index < -0.39 is 5.97 Å². The van der Waals surface area contributed by atoms with E-state index in [0.29, 0.717) is 27.9 Å². The van der Waals surface area contributed by atoms with E-state index in [9.17, 15) is 9.59 Å². The van der Waals surface area contributed by atoms with Crippen LogP contribution in [0.15, 0.2) is 23.6 Å². The quantitative estimate of drug-likeness (QED) is 0.728. The van der Waals surface area contributed by atoms with Gasteiger partial charge < -0.3 is 14.6 Å². The topological polar surface area (TPSA) is 97.8 Å². The highest BCUT2D eigenvalue weighted by atomic mass is 32.1. The Bertz CT molecular complexity index is 757. The Balaban J connectivity index is 2.20. The van der Waals surface area contributed by atoms with Gasteiger partial charge in [0, 0.05) is 17.0 Å². The van der Waals surface area contributed by atoms with Gasteiger partial charge in [-0.05, 0) is 39.8 Å². The number of hydrogen-bond donors (Lipinski definition) is 2. The third kappa shape index (κ3) is 6.03. The molecule has 0 unspecified atom stereocenters. The molecule has 1 amide bonds. The molecular weight excluding hydrogens is 356 g/mol. The number of nitrogens with one attached hydrogen (secondary N) is 1.